The summed E-state index contributed by atoms with van der Waals surface area (Å²) in [7, 11) is -1.04. The first-order valence-electron chi connectivity index (χ1n) is 13.6. The van der Waals surface area contributed by atoms with E-state index in [4.69, 9.17) is 5.10 Å². The fourth-order valence-corrected chi connectivity index (χ4v) is 7.82. The van der Waals surface area contributed by atoms with Crippen molar-refractivity contribution in [1.82, 2.24) is 24.2 Å². The molecule has 2 aromatic heterocycles. The molecule has 0 fully saturated rings. The molecule has 1 aliphatic rings. The monoisotopic (exact) mass is 602 g/mol. The van der Waals surface area contributed by atoms with Crippen molar-refractivity contribution in [3.8, 4) is 17.2 Å². The first-order valence-corrected chi connectivity index (χ1v) is 15.7. The van der Waals surface area contributed by atoms with Gasteiger partial charge in [-0.05, 0) is 62.2 Å². The number of halogens is 2. The van der Waals surface area contributed by atoms with E-state index in [2.05, 4.69) is 10.6 Å². The van der Waals surface area contributed by atoms with E-state index in [1.54, 1.807) is 71.4 Å². The van der Waals surface area contributed by atoms with Crippen LogP contribution in [0.2, 0.25) is 0 Å². The van der Waals surface area contributed by atoms with Crippen molar-refractivity contribution in [2.45, 2.75) is 40.2 Å². The van der Waals surface area contributed by atoms with E-state index in [-0.39, 0.29) is 42.7 Å². The van der Waals surface area contributed by atoms with Crippen molar-refractivity contribution in [2.75, 3.05) is 37.8 Å². The van der Waals surface area contributed by atoms with Crippen LogP contribution in [-0.4, -0.2) is 56.5 Å². The third-order valence-corrected chi connectivity index (χ3v) is 11.0. The molecular weight excluding hydrogens is 566 g/mol. The zero-order chi connectivity index (χ0) is 28.8. The van der Waals surface area contributed by atoms with Crippen LogP contribution in [-0.2, 0) is 11.0 Å². The maximum absolute atomic E-state index is 14.5. The van der Waals surface area contributed by atoms with Gasteiger partial charge >= 0.3 is 5.69 Å². The molecule has 0 radical (unpaired) electrons. The van der Waals surface area contributed by atoms with Gasteiger partial charge in [0, 0.05) is 67.3 Å². The van der Waals surface area contributed by atoms with Crippen molar-refractivity contribution >= 4 is 30.5 Å². The summed E-state index contributed by atoms with van der Waals surface area (Å²) in [6.45, 7) is 7.98. The predicted octanol–water partition coefficient (Wildman–Crippen LogP) is 4.24. The lowest BCUT2D eigenvalue weighted by atomic mass is 10.0. The predicted molar refractivity (Wildman–Crippen MR) is 165 cm³/mol. The van der Waals surface area contributed by atoms with Gasteiger partial charge in [0.05, 0.1) is 23.7 Å². The Morgan fingerprint density at radius 2 is 1.83 bits per heavy atom. The molecule has 2 aromatic carbocycles. The SMILES string of the molecule is CC[P@@](=O)(CCO)c1ccc(-n2ccn(-c3c4c(nn3-c3cc(C)c(F)c(C)c3)CCN[C@H]4C)c2=O)cc1NC.Cl. The number of imidazole rings is 1. The Kier molecular flexibility index (Phi) is 8.99. The zero-order valence-corrected chi connectivity index (χ0v) is 25.7. The molecule has 3 heterocycles. The molecule has 1 aliphatic heterocycles. The molecule has 0 unspecified atom stereocenters. The molecule has 12 heteroatoms. The highest BCUT2D eigenvalue weighted by Gasteiger charge is 2.29. The summed E-state index contributed by atoms with van der Waals surface area (Å²) in [5.41, 5.74) is 4.53. The largest absolute Gasteiger partial charge is 0.396 e. The van der Waals surface area contributed by atoms with Gasteiger partial charge in [0.25, 0.3) is 0 Å². The Hall–Kier alpha value is -3.17. The van der Waals surface area contributed by atoms with Crippen molar-refractivity contribution < 1.29 is 14.1 Å². The van der Waals surface area contributed by atoms with Crippen LogP contribution < -0.4 is 21.6 Å². The molecule has 0 amide bonds. The Morgan fingerprint density at radius 3 is 2.46 bits per heavy atom. The molecule has 0 saturated carbocycles. The van der Waals surface area contributed by atoms with Crippen LogP contribution in [0.3, 0.4) is 0 Å². The van der Waals surface area contributed by atoms with Gasteiger partial charge < -0.3 is 20.3 Å². The van der Waals surface area contributed by atoms with Crippen LogP contribution in [0.1, 0.15) is 42.3 Å². The van der Waals surface area contributed by atoms with E-state index in [9.17, 15) is 18.9 Å². The first-order chi connectivity index (χ1) is 19.1. The van der Waals surface area contributed by atoms with Gasteiger partial charge in [-0.1, -0.05) is 6.92 Å². The molecule has 4 aromatic rings. The lowest BCUT2D eigenvalue weighted by Crippen LogP contribution is -2.30. The maximum Gasteiger partial charge on any atom is 0.338 e. The van der Waals surface area contributed by atoms with E-state index in [0.717, 1.165) is 17.8 Å². The normalized spacial score (nSPS) is 16.1. The second kappa shape index (κ2) is 12.0. The summed E-state index contributed by atoms with van der Waals surface area (Å²) in [6.07, 6.45) is 4.78. The van der Waals surface area contributed by atoms with Crippen molar-refractivity contribution in [3.05, 3.63) is 81.4 Å². The molecule has 5 rings (SSSR count). The lowest BCUT2D eigenvalue weighted by molar-refractivity contribution is 0.319. The topological polar surface area (TPSA) is 106 Å². The number of rotatable bonds is 8. The molecule has 9 nitrogen and oxygen atoms in total. The molecule has 0 saturated heterocycles. The lowest BCUT2D eigenvalue weighted by Gasteiger charge is -2.21. The molecule has 220 valence electrons. The number of fused-ring (bicyclic) bond motifs is 1. The minimum Gasteiger partial charge on any atom is -0.396 e. The molecule has 3 N–H and O–H groups in total. The van der Waals surface area contributed by atoms with E-state index in [1.807, 2.05) is 19.9 Å². The minimum absolute atomic E-state index is 0. The number of aliphatic hydroxyl groups excluding tert-OH is 1. The van der Waals surface area contributed by atoms with Gasteiger partial charge in [0.2, 0.25) is 0 Å². The number of hydrogen-bond donors (Lipinski definition) is 3. The fourth-order valence-electron chi connectivity index (χ4n) is 5.63. The summed E-state index contributed by atoms with van der Waals surface area (Å²) < 4.78 is 32.9. The quantitative estimate of drug-likeness (QED) is 0.261. The summed E-state index contributed by atoms with van der Waals surface area (Å²) in [5, 5.41) is 21.7. The summed E-state index contributed by atoms with van der Waals surface area (Å²) >= 11 is 0. The Morgan fingerprint density at radius 1 is 1.15 bits per heavy atom. The van der Waals surface area contributed by atoms with Gasteiger partial charge in [0.15, 0.2) is 0 Å². The Labute approximate surface area is 245 Å². The highest BCUT2D eigenvalue weighted by atomic mass is 35.5. The summed E-state index contributed by atoms with van der Waals surface area (Å²) in [6, 6.07) is 8.85. The minimum atomic E-state index is -2.79. The van der Waals surface area contributed by atoms with Crippen LogP contribution in [0, 0.1) is 19.7 Å². The van der Waals surface area contributed by atoms with Crippen LogP contribution in [0.4, 0.5) is 10.1 Å². The van der Waals surface area contributed by atoms with Crippen LogP contribution in [0.5, 0.6) is 0 Å². The van der Waals surface area contributed by atoms with Crippen LogP contribution in [0.15, 0.2) is 47.5 Å². The number of aryl methyl sites for hydroxylation is 2. The van der Waals surface area contributed by atoms with Gasteiger partial charge in [-0.3, -0.25) is 9.13 Å². The number of nitrogens with zero attached hydrogens (tertiary/aromatic N) is 4. The second-order valence-corrected chi connectivity index (χ2v) is 13.7. The van der Waals surface area contributed by atoms with E-state index >= 15 is 0 Å². The summed E-state index contributed by atoms with van der Waals surface area (Å²) in [5.74, 6) is 0.365. The Balaban J connectivity index is 0.00000387. The number of benzene rings is 2. The second-order valence-electron chi connectivity index (χ2n) is 10.3. The molecule has 2 atom stereocenters. The van der Waals surface area contributed by atoms with Crippen molar-refractivity contribution in [2.24, 2.45) is 0 Å². The number of hydrogen-bond acceptors (Lipinski definition) is 6. The van der Waals surface area contributed by atoms with Crippen LogP contribution in [0.25, 0.3) is 17.2 Å². The van der Waals surface area contributed by atoms with Crippen molar-refractivity contribution in [3.63, 3.8) is 0 Å². The third kappa shape index (κ3) is 5.30. The highest BCUT2D eigenvalue weighted by molar-refractivity contribution is 7.71. The summed E-state index contributed by atoms with van der Waals surface area (Å²) in [4.78, 5) is 14.0. The average molecular weight is 603 g/mol. The third-order valence-electron chi connectivity index (χ3n) is 7.83. The molecule has 0 spiro atoms. The number of aromatic nitrogens is 4. The average Bonchev–Trinajstić information content (AvgIpc) is 3.52. The molecule has 0 bridgehead atoms. The highest BCUT2D eigenvalue weighted by Crippen LogP contribution is 2.45. The number of aliphatic hydroxyl groups is 1. The molecule has 0 aliphatic carbocycles. The number of nitrogens with one attached hydrogen (secondary N) is 2. The van der Waals surface area contributed by atoms with Crippen LogP contribution >= 0.6 is 19.5 Å². The van der Waals surface area contributed by atoms with Gasteiger partial charge in [-0.25, -0.2) is 13.9 Å². The molecular formula is C29H37ClFN6O3P. The fraction of sp³-hybridized carbons (Fsp3) is 0.379. The maximum atomic E-state index is 14.5. The first kappa shape index (κ1) is 30.8. The van der Waals surface area contributed by atoms with E-state index < -0.39 is 7.14 Å². The van der Waals surface area contributed by atoms with E-state index in [0.29, 0.717) is 51.9 Å². The Bertz CT molecular complexity index is 1670. The molecule has 41 heavy (non-hydrogen) atoms. The van der Waals surface area contributed by atoms with Crippen molar-refractivity contribution in [1.29, 1.82) is 0 Å². The van der Waals surface area contributed by atoms with Gasteiger partial charge in [-0.15, -0.1) is 12.4 Å². The van der Waals surface area contributed by atoms with Gasteiger partial charge in [-0.2, -0.15) is 5.10 Å². The smallest absolute Gasteiger partial charge is 0.338 e. The van der Waals surface area contributed by atoms with E-state index in [1.165, 1.54) is 0 Å². The zero-order valence-electron chi connectivity index (χ0n) is 23.9. The van der Waals surface area contributed by atoms with Gasteiger partial charge in [0.1, 0.15) is 18.8 Å². The number of anilines is 1. The standard InChI is InChI=1S/C29H36FN6O3P.ClH/c1-6-40(39,14-13-37)25-8-7-21(17-24(25)31-5)34-11-12-35(29(34)38)28-26-20(4)32-10-9-23(26)33-36(28)22-15-18(2)27(30)19(3)16-22;/h7-8,11-12,15-17,20,31-32,37H,6,9-10,13-14H2,1-5H3;1H/t20-,40+;/m0./s1.